The first-order chi connectivity index (χ1) is 19.8. The highest BCUT2D eigenvalue weighted by atomic mass is 32.2. The van der Waals surface area contributed by atoms with E-state index < -0.39 is 10.0 Å². The number of aromatic nitrogens is 2. The van der Waals surface area contributed by atoms with Crippen LogP contribution < -0.4 is 14.5 Å². The van der Waals surface area contributed by atoms with Crippen molar-refractivity contribution in [3.05, 3.63) is 66.9 Å². The normalized spacial score (nSPS) is 22.5. The summed E-state index contributed by atoms with van der Waals surface area (Å²) in [6, 6.07) is 15.5. The lowest BCUT2D eigenvalue weighted by atomic mass is 9.85. The minimum atomic E-state index is -3.13. The van der Waals surface area contributed by atoms with E-state index in [1.165, 1.54) is 12.3 Å². The molecule has 10 heteroatoms. The number of benzene rings is 2. The molecular weight excluding hydrogens is 539 g/mol. The van der Waals surface area contributed by atoms with E-state index in [1.807, 2.05) is 42.6 Å². The number of hydrogen-bond donors (Lipinski definition) is 1. The second-order valence-electron chi connectivity index (χ2n) is 11.7. The highest BCUT2D eigenvalue weighted by Crippen LogP contribution is 2.42. The van der Waals surface area contributed by atoms with Crippen LogP contribution in [0.25, 0.3) is 11.1 Å². The van der Waals surface area contributed by atoms with Crippen LogP contribution in [-0.4, -0.2) is 74.3 Å². The third-order valence-electron chi connectivity index (χ3n) is 8.88. The van der Waals surface area contributed by atoms with Gasteiger partial charge in [0, 0.05) is 56.1 Å². The number of fused-ring (bicyclic) bond motifs is 1. The molecule has 8 nitrogen and oxygen atoms in total. The third kappa shape index (κ3) is 6.55. The van der Waals surface area contributed by atoms with Gasteiger partial charge < -0.3 is 14.7 Å². The number of rotatable bonds is 7. The fraction of sp³-hybridized carbons (Fsp3) is 0.484. The molecule has 218 valence electrons. The van der Waals surface area contributed by atoms with E-state index in [9.17, 15) is 12.8 Å². The van der Waals surface area contributed by atoms with Gasteiger partial charge >= 0.3 is 0 Å². The molecule has 1 N–H and O–H groups in total. The van der Waals surface area contributed by atoms with Gasteiger partial charge in [-0.1, -0.05) is 30.3 Å². The molecule has 1 aromatic heterocycles. The van der Waals surface area contributed by atoms with Crippen LogP contribution in [0.1, 0.15) is 38.5 Å². The van der Waals surface area contributed by atoms with E-state index in [-0.39, 0.29) is 11.9 Å². The van der Waals surface area contributed by atoms with E-state index in [0.717, 1.165) is 99.6 Å². The highest BCUT2D eigenvalue weighted by Gasteiger charge is 2.34. The zero-order chi connectivity index (χ0) is 28.4. The maximum absolute atomic E-state index is 14.4. The minimum Gasteiger partial charge on any atom is -0.350 e. The van der Waals surface area contributed by atoms with Crippen LogP contribution in [0.4, 0.5) is 21.6 Å². The van der Waals surface area contributed by atoms with Gasteiger partial charge in [0.2, 0.25) is 10.0 Å². The van der Waals surface area contributed by atoms with Crippen molar-refractivity contribution in [2.24, 2.45) is 5.92 Å². The van der Waals surface area contributed by atoms with Crippen molar-refractivity contribution in [3.63, 3.8) is 0 Å². The maximum atomic E-state index is 14.4. The molecule has 1 aliphatic carbocycles. The van der Waals surface area contributed by atoms with Gasteiger partial charge in [-0.2, -0.15) is 0 Å². The monoisotopic (exact) mass is 578 g/mol. The van der Waals surface area contributed by atoms with E-state index in [1.54, 1.807) is 12.4 Å². The molecule has 2 aliphatic heterocycles. The number of nitrogens with zero attached hydrogens (tertiary/aromatic N) is 5. The molecule has 6 rings (SSSR count). The first-order valence-electron chi connectivity index (χ1n) is 14.7. The van der Waals surface area contributed by atoms with E-state index in [2.05, 4.69) is 24.4 Å². The van der Waals surface area contributed by atoms with Crippen molar-refractivity contribution >= 4 is 27.2 Å². The van der Waals surface area contributed by atoms with Crippen LogP contribution in [0.3, 0.4) is 0 Å². The summed E-state index contributed by atoms with van der Waals surface area (Å²) in [6.45, 7) is 4.83. The summed E-state index contributed by atoms with van der Waals surface area (Å²) in [6.07, 6.45) is 10.9. The minimum absolute atomic E-state index is 0.0893. The number of anilines is 3. The number of likely N-dealkylation sites (tertiary alicyclic amines) is 1. The van der Waals surface area contributed by atoms with E-state index in [4.69, 9.17) is 4.98 Å². The van der Waals surface area contributed by atoms with Gasteiger partial charge in [-0.3, -0.25) is 0 Å². The fourth-order valence-electron chi connectivity index (χ4n) is 6.90. The molecular formula is C31H39FN6O2S. The van der Waals surface area contributed by atoms with Gasteiger partial charge in [0.05, 0.1) is 12.5 Å². The zero-order valence-electron chi connectivity index (χ0n) is 23.6. The predicted molar refractivity (Wildman–Crippen MR) is 161 cm³/mol. The number of hydrogen-bond acceptors (Lipinski definition) is 7. The lowest BCUT2D eigenvalue weighted by molar-refractivity contribution is 0.157. The molecule has 0 unspecified atom stereocenters. The van der Waals surface area contributed by atoms with E-state index >= 15 is 0 Å². The van der Waals surface area contributed by atoms with Crippen LogP contribution in [0.2, 0.25) is 0 Å². The van der Waals surface area contributed by atoms with Gasteiger partial charge in [0.15, 0.2) is 5.82 Å². The number of nitrogens with one attached hydrogen (secondary N) is 1. The highest BCUT2D eigenvalue weighted by molar-refractivity contribution is 7.88. The van der Waals surface area contributed by atoms with Gasteiger partial charge in [0.25, 0.3) is 0 Å². The number of sulfonamides is 1. The third-order valence-corrected chi connectivity index (χ3v) is 9.64. The Morgan fingerprint density at radius 3 is 2.41 bits per heavy atom. The van der Waals surface area contributed by atoms with Gasteiger partial charge in [-0.05, 0) is 68.2 Å². The van der Waals surface area contributed by atoms with Crippen molar-refractivity contribution in [1.29, 1.82) is 0 Å². The molecule has 2 aromatic carbocycles. The summed E-state index contributed by atoms with van der Waals surface area (Å²) < 4.78 is 40.3. The number of piperidine rings is 1. The van der Waals surface area contributed by atoms with Crippen molar-refractivity contribution < 1.29 is 12.8 Å². The Hall–Kier alpha value is -3.08. The molecule has 2 fully saturated rings. The molecule has 1 saturated carbocycles. The van der Waals surface area contributed by atoms with E-state index in [0.29, 0.717) is 12.0 Å². The zero-order valence-corrected chi connectivity index (χ0v) is 24.4. The lowest BCUT2D eigenvalue weighted by Gasteiger charge is -2.45. The van der Waals surface area contributed by atoms with Crippen LogP contribution in [-0.2, 0) is 10.0 Å². The lowest BCUT2D eigenvalue weighted by Crippen LogP contribution is -2.50. The SMILES string of the molecule is CS(=O)(=O)N[C@H]1CC[C@H](CN2CCC(N3CCN(c4ccc(F)cc4-c4ccccc4)c4cncnc43)CC2)CC1. The smallest absolute Gasteiger partial charge is 0.208 e. The quantitative estimate of drug-likeness (QED) is 0.431. The number of halogens is 1. The molecule has 3 aliphatic rings. The molecule has 3 heterocycles. The Balaban J connectivity index is 1.11. The molecule has 1 saturated heterocycles. The van der Waals surface area contributed by atoms with Gasteiger partial charge in [0.1, 0.15) is 17.8 Å². The Kier molecular flexibility index (Phi) is 8.23. The second kappa shape index (κ2) is 12.0. The molecule has 0 atom stereocenters. The predicted octanol–water partition coefficient (Wildman–Crippen LogP) is 4.81. The summed E-state index contributed by atoms with van der Waals surface area (Å²) in [4.78, 5) is 16.4. The summed E-state index contributed by atoms with van der Waals surface area (Å²) in [7, 11) is -3.13. The first-order valence-corrected chi connectivity index (χ1v) is 16.6. The molecule has 0 amide bonds. The molecule has 41 heavy (non-hydrogen) atoms. The summed E-state index contributed by atoms with van der Waals surface area (Å²) in [5.74, 6) is 1.33. The average Bonchev–Trinajstić information content (AvgIpc) is 2.98. The maximum Gasteiger partial charge on any atom is 0.208 e. The van der Waals surface area contributed by atoms with Gasteiger partial charge in [-0.15, -0.1) is 0 Å². The Labute approximate surface area is 242 Å². The van der Waals surface area contributed by atoms with Crippen molar-refractivity contribution in [2.45, 2.75) is 50.6 Å². The summed E-state index contributed by atoms with van der Waals surface area (Å²) in [5, 5.41) is 0. The first kappa shape index (κ1) is 28.1. The van der Waals surface area contributed by atoms with Gasteiger partial charge in [-0.25, -0.2) is 27.5 Å². The van der Waals surface area contributed by atoms with Crippen molar-refractivity contribution in [2.75, 3.05) is 48.8 Å². The average molecular weight is 579 g/mol. The summed E-state index contributed by atoms with van der Waals surface area (Å²) in [5.41, 5.74) is 3.77. The fourth-order valence-corrected chi connectivity index (χ4v) is 7.75. The summed E-state index contributed by atoms with van der Waals surface area (Å²) >= 11 is 0. The molecule has 0 radical (unpaired) electrons. The molecule has 0 bridgehead atoms. The standard InChI is InChI=1S/C31H39FN6O2S/c1-41(39,40)35-26-10-7-23(8-11-26)21-36-15-13-27(14-16-36)37-17-18-38(30-20-33-22-34-31(30)37)29-12-9-25(32)19-28(29)24-5-3-2-4-6-24/h2-6,9,12,19-20,22-23,26-27,35H,7-8,10-11,13-18,21H2,1H3/t23-,26-. The van der Waals surface area contributed by atoms with Crippen molar-refractivity contribution in [3.8, 4) is 11.1 Å². The largest absolute Gasteiger partial charge is 0.350 e. The Morgan fingerprint density at radius 1 is 0.927 bits per heavy atom. The Bertz CT molecular complexity index is 1440. The Morgan fingerprint density at radius 2 is 1.68 bits per heavy atom. The van der Waals surface area contributed by atoms with Crippen LogP contribution in [0.5, 0.6) is 0 Å². The van der Waals surface area contributed by atoms with Crippen LogP contribution in [0.15, 0.2) is 61.1 Å². The molecule has 0 spiro atoms. The van der Waals surface area contributed by atoms with Crippen molar-refractivity contribution in [1.82, 2.24) is 19.6 Å². The second-order valence-corrected chi connectivity index (χ2v) is 13.5. The topological polar surface area (TPSA) is 81.7 Å². The molecule has 3 aromatic rings. The van der Waals surface area contributed by atoms with Crippen LogP contribution >= 0.6 is 0 Å². The van der Waals surface area contributed by atoms with Crippen LogP contribution in [0, 0.1) is 11.7 Å².